The van der Waals surface area contributed by atoms with Gasteiger partial charge >= 0.3 is 0 Å². The first kappa shape index (κ1) is 11.6. The number of rotatable bonds is 5. The van der Waals surface area contributed by atoms with Crippen LogP contribution in [0.5, 0.6) is 0 Å². The number of carbonyl (C=O) groups excluding carboxylic acids is 1. The maximum atomic E-state index is 9.93. The first-order chi connectivity index (χ1) is 7.22. The zero-order valence-corrected chi connectivity index (χ0v) is 9.23. The summed E-state index contributed by atoms with van der Waals surface area (Å²) < 4.78 is 0. The Bertz CT molecular complexity index is 337. The molecular weight excluding hydrogens is 188 g/mol. The van der Waals surface area contributed by atoms with Gasteiger partial charge in [0.15, 0.2) is 0 Å². The number of hydrogen-bond donors (Lipinski definition) is 0. The summed E-state index contributed by atoms with van der Waals surface area (Å²) in [5, 5.41) is 0. The molecule has 1 aromatic rings. The zero-order chi connectivity index (χ0) is 11.1. The van der Waals surface area contributed by atoms with Crippen molar-refractivity contribution in [2.45, 2.75) is 13.0 Å². The summed E-state index contributed by atoms with van der Waals surface area (Å²) >= 11 is 0. The summed E-state index contributed by atoms with van der Waals surface area (Å²) in [5.74, 6) is 0. The Labute approximate surface area is 90.4 Å². The monoisotopic (exact) mass is 204 g/mol. The number of hydrogen-bond acceptors (Lipinski definition) is 3. The molecule has 0 aliphatic heterocycles. The second-order valence-corrected chi connectivity index (χ2v) is 3.78. The largest absolute Gasteiger partial charge is 0.309 e. The minimum Gasteiger partial charge on any atom is -0.309 e. The lowest BCUT2D eigenvalue weighted by Gasteiger charge is -2.09. The van der Waals surface area contributed by atoms with Gasteiger partial charge in [0.1, 0.15) is 0 Å². The van der Waals surface area contributed by atoms with Crippen molar-refractivity contribution in [1.82, 2.24) is 4.90 Å². The molecule has 3 nitrogen and oxygen atoms in total. The molecular formula is C12H16N2O. The predicted molar refractivity (Wildman–Crippen MR) is 60.5 cm³/mol. The van der Waals surface area contributed by atoms with E-state index in [4.69, 9.17) is 0 Å². The van der Waals surface area contributed by atoms with Gasteiger partial charge in [0.2, 0.25) is 6.08 Å². The molecule has 3 heteroatoms. The molecule has 1 aromatic carbocycles. The van der Waals surface area contributed by atoms with Crippen LogP contribution in [0.25, 0.3) is 0 Å². The Morgan fingerprint density at radius 2 is 1.80 bits per heavy atom. The molecule has 0 N–H and O–H groups in total. The average molecular weight is 204 g/mol. The SMILES string of the molecule is CN(C)CCc1ccc(CN=C=O)cc1. The Kier molecular flexibility index (Phi) is 4.75. The third-order valence-electron chi connectivity index (χ3n) is 2.20. The summed E-state index contributed by atoms with van der Waals surface area (Å²) in [6.07, 6.45) is 2.59. The van der Waals surface area contributed by atoms with E-state index in [0.29, 0.717) is 6.54 Å². The molecule has 0 aliphatic rings. The molecule has 0 atom stereocenters. The summed E-state index contributed by atoms with van der Waals surface area (Å²) in [7, 11) is 4.13. The highest BCUT2D eigenvalue weighted by atomic mass is 16.1. The lowest BCUT2D eigenvalue weighted by Crippen LogP contribution is -2.14. The molecule has 0 saturated carbocycles. The van der Waals surface area contributed by atoms with Crippen LogP contribution in [0.15, 0.2) is 29.3 Å². The van der Waals surface area contributed by atoms with Crippen molar-refractivity contribution in [3.63, 3.8) is 0 Å². The molecule has 0 radical (unpaired) electrons. The Morgan fingerprint density at radius 1 is 1.20 bits per heavy atom. The van der Waals surface area contributed by atoms with Crippen LogP contribution >= 0.6 is 0 Å². The maximum absolute atomic E-state index is 9.93. The molecule has 15 heavy (non-hydrogen) atoms. The van der Waals surface area contributed by atoms with Gasteiger partial charge in [0.05, 0.1) is 6.54 Å². The van der Waals surface area contributed by atoms with Crippen LogP contribution in [0.3, 0.4) is 0 Å². The second kappa shape index (κ2) is 6.12. The molecule has 0 bridgehead atoms. The lowest BCUT2D eigenvalue weighted by molar-refractivity contribution is 0.413. The number of nitrogens with zero attached hydrogens (tertiary/aromatic N) is 2. The van der Waals surface area contributed by atoms with Crippen LogP contribution in [0, 0.1) is 0 Å². The number of aliphatic imine (C=N–C) groups is 1. The third-order valence-corrected chi connectivity index (χ3v) is 2.20. The van der Waals surface area contributed by atoms with Crippen LogP contribution in [-0.4, -0.2) is 31.6 Å². The predicted octanol–water partition coefficient (Wildman–Crippen LogP) is 1.63. The normalized spacial score (nSPS) is 10.1. The number of likely N-dealkylation sites (N-methyl/N-ethyl adjacent to an activating group) is 1. The molecule has 0 aromatic heterocycles. The van der Waals surface area contributed by atoms with Crippen molar-refractivity contribution in [2.75, 3.05) is 20.6 Å². The number of benzene rings is 1. The van der Waals surface area contributed by atoms with Crippen LogP contribution in [-0.2, 0) is 17.8 Å². The van der Waals surface area contributed by atoms with Gasteiger partial charge < -0.3 is 4.90 Å². The van der Waals surface area contributed by atoms with Crippen molar-refractivity contribution in [2.24, 2.45) is 4.99 Å². The van der Waals surface area contributed by atoms with Crippen LogP contribution in [0.4, 0.5) is 0 Å². The minimum absolute atomic E-state index is 0.428. The quantitative estimate of drug-likeness (QED) is 0.539. The highest BCUT2D eigenvalue weighted by molar-refractivity contribution is 5.34. The summed E-state index contributed by atoms with van der Waals surface area (Å²) in [6, 6.07) is 8.18. The van der Waals surface area contributed by atoms with Crippen molar-refractivity contribution >= 4 is 6.08 Å². The van der Waals surface area contributed by atoms with Crippen molar-refractivity contribution in [3.05, 3.63) is 35.4 Å². The molecule has 0 fully saturated rings. The van der Waals surface area contributed by atoms with Crippen molar-refractivity contribution in [3.8, 4) is 0 Å². The van der Waals surface area contributed by atoms with E-state index < -0.39 is 0 Å². The smallest absolute Gasteiger partial charge is 0.235 e. The van der Waals surface area contributed by atoms with Gasteiger partial charge in [-0.15, -0.1) is 0 Å². The van der Waals surface area contributed by atoms with Crippen LogP contribution < -0.4 is 0 Å². The zero-order valence-electron chi connectivity index (χ0n) is 9.23. The van der Waals surface area contributed by atoms with E-state index in [-0.39, 0.29) is 0 Å². The van der Waals surface area contributed by atoms with E-state index in [0.717, 1.165) is 18.5 Å². The Hall–Kier alpha value is -1.44. The molecule has 1 rings (SSSR count). The van der Waals surface area contributed by atoms with Gasteiger partial charge in [-0.2, -0.15) is 0 Å². The molecule has 0 amide bonds. The van der Waals surface area contributed by atoms with Gasteiger partial charge in [0.25, 0.3) is 0 Å². The third kappa shape index (κ3) is 4.54. The molecule has 0 unspecified atom stereocenters. The topological polar surface area (TPSA) is 32.7 Å². The highest BCUT2D eigenvalue weighted by Gasteiger charge is 1.95. The summed E-state index contributed by atoms with van der Waals surface area (Å²) in [5.41, 5.74) is 2.36. The van der Waals surface area contributed by atoms with Crippen molar-refractivity contribution < 1.29 is 4.79 Å². The van der Waals surface area contributed by atoms with Crippen LogP contribution in [0.2, 0.25) is 0 Å². The van der Waals surface area contributed by atoms with Gasteiger partial charge in [-0.1, -0.05) is 24.3 Å². The fraction of sp³-hybridized carbons (Fsp3) is 0.417. The molecule has 0 aliphatic carbocycles. The number of isocyanates is 1. The van der Waals surface area contributed by atoms with Crippen molar-refractivity contribution in [1.29, 1.82) is 0 Å². The minimum atomic E-state index is 0.428. The lowest BCUT2D eigenvalue weighted by atomic mass is 10.1. The maximum Gasteiger partial charge on any atom is 0.235 e. The fourth-order valence-electron chi connectivity index (χ4n) is 1.29. The standard InChI is InChI=1S/C12H16N2O/c1-14(2)8-7-11-3-5-12(6-4-11)9-13-10-15/h3-6H,7-9H2,1-2H3. The van der Waals surface area contributed by atoms with Gasteiger partial charge in [-0.25, -0.2) is 9.79 Å². The molecule has 0 saturated heterocycles. The van der Waals surface area contributed by atoms with E-state index in [1.807, 2.05) is 12.1 Å². The average Bonchev–Trinajstić information content (AvgIpc) is 2.25. The van der Waals surface area contributed by atoms with Crippen LogP contribution in [0.1, 0.15) is 11.1 Å². The van der Waals surface area contributed by atoms with E-state index in [1.165, 1.54) is 11.6 Å². The first-order valence-corrected chi connectivity index (χ1v) is 4.98. The van der Waals surface area contributed by atoms with E-state index in [1.54, 1.807) is 0 Å². The summed E-state index contributed by atoms with van der Waals surface area (Å²) in [4.78, 5) is 15.6. The molecule has 0 spiro atoms. The first-order valence-electron chi connectivity index (χ1n) is 4.98. The molecule has 0 heterocycles. The fourth-order valence-corrected chi connectivity index (χ4v) is 1.29. The van der Waals surface area contributed by atoms with E-state index in [9.17, 15) is 4.79 Å². The Morgan fingerprint density at radius 3 is 2.33 bits per heavy atom. The van der Waals surface area contributed by atoms with E-state index in [2.05, 4.69) is 36.1 Å². The van der Waals surface area contributed by atoms with Gasteiger partial charge in [-0.3, -0.25) is 0 Å². The molecule has 80 valence electrons. The Balaban J connectivity index is 2.52. The van der Waals surface area contributed by atoms with E-state index >= 15 is 0 Å². The highest BCUT2D eigenvalue weighted by Crippen LogP contribution is 2.06. The second-order valence-electron chi connectivity index (χ2n) is 3.78. The van der Waals surface area contributed by atoms with Gasteiger partial charge in [-0.05, 0) is 31.6 Å². The summed E-state index contributed by atoms with van der Waals surface area (Å²) in [6.45, 7) is 1.48. The van der Waals surface area contributed by atoms with Gasteiger partial charge in [0, 0.05) is 6.54 Å².